The Hall–Kier alpha value is -0.850. The van der Waals surface area contributed by atoms with E-state index in [-0.39, 0.29) is 5.91 Å². The average molecular weight is 419 g/mol. The highest BCUT2D eigenvalue weighted by Crippen LogP contribution is 2.21. The number of carbonyl (C=O) groups is 1. The van der Waals surface area contributed by atoms with E-state index in [0.717, 1.165) is 14.0 Å². The zero-order valence-corrected chi connectivity index (χ0v) is 14.8. The molecule has 0 N–H and O–H groups in total. The zero-order valence-electron chi connectivity index (χ0n) is 10.8. The van der Waals surface area contributed by atoms with Gasteiger partial charge in [-0.25, -0.2) is 0 Å². The molecule has 0 radical (unpaired) electrons. The number of carbonyl (C=O) groups excluding carboxylic acids is 1. The average Bonchev–Trinajstić information content (AvgIpc) is 2.86. The summed E-state index contributed by atoms with van der Waals surface area (Å²) in [5, 5.41) is 1.85. The molecule has 20 heavy (non-hydrogen) atoms. The summed E-state index contributed by atoms with van der Waals surface area (Å²) < 4.78 is 7.57. The first-order valence-corrected chi connectivity index (χ1v) is 8.40. The van der Waals surface area contributed by atoms with Crippen molar-refractivity contribution in [2.75, 3.05) is 20.2 Å². The number of ether oxygens (including phenoxy) is 1. The standard InChI is InChI=1S/C14H13Br2NO2S/c1-17(14(18)10-8-13(16)20-9-10)6-7-19-12-4-2-11(15)3-5-12/h2-5,8-9H,6-7H2,1H3. The van der Waals surface area contributed by atoms with Crippen LogP contribution >= 0.6 is 43.2 Å². The van der Waals surface area contributed by atoms with Crippen molar-refractivity contribution < 1.29 is 9.53 Å². The van der Waals surface area contributed by atoms with Crippen LogP contribution in [0.15, 0.2) is 44.0 Å². The van der Waals surface area contributed by atoms with Gasteiger partial charge in [-0.1, -0.05) is 15.9 Å². The summed E-state index contributed by atoms with van der Waals surface area (Å²) in [4.78, 5) is 13.8. The number of halogens is 2. The van der Waals surface area contributed by atoms with Crippen LogP contribution in [0, 0.1) is 0 Å². The second-order valence-corrected chi connectivity index (χ2v) is 7.37. The van der Waals surface area contributed by atoms with E-state index in [1.807, 2.05) is 35.7 Å². The number of thiophene rings is 1. The van der Waals surface area contributed by atoms with E-state index in [9.17, 15) is 4.79 Å². The molecule has 2 rings (SSSR count). The maximum atomic E-state index is 12.1. The van der Waals surface area contributed by atoms with Crippen molar-refractivity contribution in [2.24, 2.45) is 0 Å². The minimum Gasteiger partial charge on any atom is -0.492 e. The molecule has 0 spiro atoms. The quantitative estimate of drug-likeness (QED) is 0.718. The molecule has 1 amide bonds. The maximum Gasteiger partial charge on any atom is 0.254 e. The molecule has 0 aliphatic heterocycles. The Morgan fingerprint density at radius 2 is 2.00 bits per heavy atom. The van der Waals surface area contributed by atoms with Gasteiger partial charge in [0.25, 0.3) is 5.91 Å². The highest BCUT2D eigenvalue weighted by atomic mass is 79.9. The van der Waals surface area contributed by atoms with Crippen molar-refractivity contribution in [3.8, 4) is 5.75 Å². The molecule has 3 nitrogen and oxygen atoms in total. The summed E-state index contributed by atoms with van der Waals surface area (Å²) in [6.07, 6.45) is 0. The number of nitrogens with zero attached hydrogens (tertiary/aromatic N) is 1. The van der Waals surface area contributed by atoms with Crippen LogP contribution < -0.4 is 4.74 Å². The van der Waals surface area contributed by atoms with Crippen LogP contribution in [0.3, 0.4) is 0 Å². The van der Waals surface area contributed by atoms with E-state index in [4.69, 9.17) is 4.74 Å². The SMILES string of the molecule is CN(CCOc1ccc(Br)cc1)C(=O)c1csc(Br)c1. The highest BCUT2D eigenvalue weighted by Gasteiger charge is 2.13. The normalized spacial score (nSPS) is 10.3. The minimum absolute atomic E-state index is 0.00589. The molecule has 0 saturated carbocycles. The van der Waals surface area contributed by atoms with E-state index in [0.29, 0.717) is 18.7 Å². The fraction of sp³-hybridized carbons (Fsp3) is 0.214. The van der Waals surface area contributed by atoms with Crippen LogP contribution in [-0.2, 0) is 0 Å². The fourth-order valence-corrected chi connectivity index (χ4v) is 2.97. The van der Waals surface area contributed by atoms with Crippen molar-refractivity contribution in [1.82, 2.24) is 4.90 Å². The molecule has 0 fully saturated rings. The number of hydrogen-bond acceptors (Lipinski definition) is 3. The lowest BCUT2D eigenvalue weighted by atomic mass is 10.3. The monoisotopic (exact) mass is 417 g/mol. The number of benzene rings is 1. The number of likely N-dealkylation sites (N-methyl/N-ethyl adjacent to an activating group) is 1. The van der Waals surface area contributed by atoms with Gasteiger partial charge in [0.2, 0.25) is 0 Å². The minimum atomic E-state index is 0.00589. The van der Waals surface area contributed by atoms with Gasteiger partial charge in [-0.05, 0) is 46.3 Å². The van der Waals surface area contributed by atoms with Crippen LogP contribution in [-0.4, -0.2) is 31.0 Å². The number of hydrogen-bond donors (Lipinski definition) is 0. The molecule has 2 aromatic rings. The molecule has 0 unspecified atom stereocenters. The summed E-state index contributed by atoms with van der Waals surface area (Å²) in [7, 11) is 1.78. The Morgan fingerprint density at radius 1 is 1.30 bits per heavy atom. The van der Waals surface area contributed by atoms with Crippen LogP contribution in [0.5, 0.6) is 5.75 Å². The van der Waals surface area contributed by atoms with Gasteiger partial charge in [-0.2, -0.15) is 0 Å². The van der Waals surface area contributed by atoms with Gasteiger partial charge in [-0.15, -0.1) is 11.3 Å². The van der Waals surface area contributed by atoms with Gasteiger partial charge in [0.1, 0.15) is 12.4 Å². The number of amides is 1. The Labute approximate surface area is 138 Å². The summed E-state index contributed by atoms with van der Waals surface area (Å²) in [6.45, 7) is 1.01. The highest BCUT2D eigenvalue weighted by molar-refractivity contribution is 9.11. The van der Waals surface area contributed by atoms with Gasteiger partial charge in [-0.3, -0.25) is 4.79 Å². The smallest absolute Gasteiger partial charge is 0.254 e. The fourth-order valence-electron chi connectivity index (χ4n) is 1.58. The van der Waals surface area contributed by atoms with E-state index >= 15 is 0 Å². The van der Waals surface area contributed by atoms with Gasteiger partial charge in [0, 0.05) is 16.9 Å². The molecule has 0 atom stereocenters. The predicted octanol–water partition coefficient (Wildman–Crippen LogP) is 4.42. The molecule has 1 aromatic heterocycles. The molecule has 1 heterocycles. The summed E-state index contributed by atoms with van der Waals surface area (Å²) in [6, 6.07) is 9.46. The lowest BCUT2D eigenvalue weighted by Crippen LogP contribution is -2.30. The van der Waals surface area contributed by atoms with Gasteiger partial charge < -0.3 is 9.64 Å². The first-order valence-electron chi connectivity index (χ1n) is 5.94. The molecule has 106 valence electrons. The molecular formula is C14H13Br2NO2S. The zero-order chi connectivity index (χ0) is 14.5. The van der Waals surface area contributed by atoms with Gasteiger partial charge >= 0.3 is 0 Å². The summed E-state index contributed by atoms with van der Waals surface area (Å²) in [5.74, 6) is 0.804. The predicted molar refractivity (Wildman–Crippen MR) is 88.6 cm³/mol. The summed E-state index contributed by atoms with van der Waals surface area (Å²) in [5.41, 5.74) is 0.702. The van der Waals surface area contributed by atoms with Crippen LogP contribution in [0.2, 0.25) is 0 Å². The third-order valence-electron chi connectivity index (χ3n) is 2.67. The molecule has 0 bridgehead atoms. The third-order valence-corrected chi connectivity index (χ3v) is 4.70. The molecule has 0 aliphatic carbocycles. The molecule has 6 heteroatoms. The Kier molecular flexibility index (Phi) is 5.63. The van der Waals surface area contributed by atoms with E-state index in [1.165, 1.54) is 11.3 Å². The van der Waals surface area contributed by atoms with E-state index < -0.39 is 0 Å². The van der Waals surface area contributed by atoms with Crippen molar-refractivity contribution in [1.29, 1.82) is 0 Å². The second kappa shape index (κ2) is 7.24. The van der Waals surface area contributed by atoms with Crippen molar-refractivity contribution >= 4 is 49.1 Å². The second-order valence-electron chi connectivity index (χ2n) is 4.17. The summed E-state index contributed by atoms with van der Waals surface area (Å²) >= 11 is 8.24. The van der Waals surface area contributed by atoms with Gasteiger partial charge in [0.05, 0.1) is 15.9 Å². The molecular weight excluding hydrogens is 406 g/mol. The van der Waals surface area contributed by atoms with Crippen molar-refractivity contribution in [3.63, 3.8) is 0 Å². The lowest BCUT2D eigenvalue weighted by Gasteiger charge is -2.16. The van der Waals surface area contributed by atoms with Crippen molar-refractivity contribution in [2.45, 2.75) is 0 Å². The first-order chi connectivity index (χ1) is 9.56. The molecule has 0 aliphatic rings. The lowest BCUT2D eigenvalue weighted by molar-refractivity contribution is 0.0774. The number of rotatable bonds is 5. The topological polar surface area (TPSA) is 29.5 Å². The Bertz CT molecular complexity index is 583. The maximum absolute atomic E-state index is 12.1. The van der Waals surface area contributed by atoms with E-state index in [2.05, 4.69) is 31.9 Å². The van der Waals surface area contributed by atoms with Crippen molar-refractivity contribution in [3.05, 3.63) is 49.5 Å². The Morgan fingerprint density at radius 3 is 2.60 bits per heavy atom. The van der Waals surface area contributed by atoms with Crippen LogP contribution in [0.1, 0.15) is 10.4 Å². The third kappa shape index (κ3) is 4.33. The van der Waals surface area contributed by atoms with Crippen LogP contribution in [0.4, 0.5) is 0 Å². The van der Waals surface area contributed by atoms with Crippen LogP contribution in [0.25, 0.3) is 0 Å². The Balaban J connectivity index is 1.81. The van der Waals surface area contributed by atoms with E-state index in [1.54, 1.807) is 11.9 Å². The first kappa shape index (κ1) is 15.5. The molecule has 0 saturated heterocycles. The molecule has 1 aromatic carbocycles. The van der Waals surface area contributed by atoms with Gasteiger partial charge in [0.15, 0.2) is 0 Å². The largest absolute Gasteiger partial charge is 0.492 e.